The summed E-state index contributed by atoms with van der Waals surface area (Å²) in [6, 6.07) is 1.85. The normalized spacial score (nSPS) is 13.8. The summed E-state index contributed by atoms with van der Waals surface area (Å²) in [7, 11) is 0. The van der Waals surface area contributed by atoms with Crippen molar-refractivity contribution >= 4 is 11.6 Å². The van der Waals surface area contributed by atoms with Crippen LogP contribution < -0.4 is 15.2 Å². The Balaban J connectivity index is 2.20. The molecule has 7 heteroatoms. The molecule has 6 nitrogen and oxygen atoms in total. The van der Waals surface area contributed by atoms with Crippen molar-refractivity contribution < 1.29 is 14.0 Å². The molecular formula is C14H16ClN3O3. The van der Waals surface area contributed by atoms with Crippen LogP contribution in [0, 0.1) is 0 Å². The summed E-state index contributed by atoms with van der Waals surface area (Å²) >= 11 is 6.50. The standard InChI is InChI=1S/C14H16ClN3O3/c1-7(2)11-8(14-17-10(6-16)21-18-14)5-9-13(12(11)15)20-4-3-19-9/h5,7H,3-4,6,16H2,1-2H3. The van der Waals surface area contributed by atoms with Crippen molar-refractivity contribution in [2.24, 2.45) is 5.73 Å². The van der Waals surface area contributed by atoms with Crippen molar-refractivity contribution in [1.82, 2.24) is 10.1 Å². The average Bonchev–Trinajstić information content (AvgIpc) is 2.95. The van der Waals surface area contributed by atoms with Gasteiger partial charge in [0.05, 0.1) is 11.6 Å². The second-order valence-corrected chi connectivity index (χ2v) is 5.42. The number of nitrogens with two attached hydrogens (primary N) is 1. The predicted octanol–water partition coefficient (Wildman–Crippen LogP) is 2.74. The number of halogens is 1. The van der Waals surface area contributed by atoms with E-state index in [1.54, 1.807) is 0 Å². The van der Waals surface area contributed by atoms with Gasteiger partial charge in [0.15, 0.2) is 11.5 Å². The van der Waals surface area contributed by atoms with Gasteiger partial charge in [0.25, 0.3) is 0 Å². The molecule has 0 saturated carbocycles. The quantitative estimate of drug-likeness (QED) is 0.938. The van der Waals surface area contributed by atoms with Crippen LogP contribution in [0.4, 0.5) is 0 Å². The van der Waals surface area contributed by atoms with Crippen LogP contribution in [-0.4, -0.2) is 23.4 Å². The summed E-state index contributed by atoms with van der Waals surface area (Å²) in [4.78, 5) is 4.27. The van der Waals surface area contributed by atoms with Gasteiger partial charge in [0, 0.05) is 5.56 Å². The molecule has 0 amide bonds. The van der Waals surface area contributed by atoms with E-state index in [1.165, 1.54) is 0 Å². The zero-order valence-electron chi connectivity index (χ0n) is 11.9. The predicted molar refractivity (Wildman–Crippen MR) is 77.7 cm³/mol. The summed E-state index contributed by atoms with van der Waals surface area (Å²) in [5.41, 5.74) is 7.20. The fraction of sp³-hybridized carbons (Fsp3) is 0.429. The molecule has 0 atom stereocenters. The zero-order chi connectivity index (χ0) is 15.0. The Morgan fingerprint density at radius 1 is 1.33 bits per heavy atom. The monoisotopic (exact) mass is 309 g/mol. The third-order valence-corrected chi connectivity index (χ3v) is 3.65. The molecule has 0 unspecified atom stereocenters. The van der Waals surface area contributed by atoms with E-state index in [4.69, 9.17) is 31.3 Å². The van der Waals surface area contributed by atoms with E-state index in [2.05, 4.69) is 10.1 Å². The lowest BCUT2D eigenvalue weighted by Gasteiger charge is -2.23. The molecule has 0 saturated heterocycles. The molecule has 3 rings (SSSR count). The van der Waals surface area contributed by atoms with E-state index in [-0.39, 0.29) is 12.5 Å². The number of aromatic nitrogens is 2. The van der Waals surface area contributed by atoms with Gasteiger partial charge in [-0.05, 0) is 17.5 Å². The molecule has 1 aliphatic rings. The van der Waals surface area contributed by atoms with Gasteiger partial charge in [0.1, 0.15) is 13.2 Å². The highest BCUT2D eigenvalue weighted by molar-refractivity contribution is 6.33. The summed E-state index contributed by atoms with van der Waals surface area (Å²) in [6.45, 7) is 5.27. The molecule has 1 aromatic carbocycles. The Bertz CT molecular complexity index is 670. The smallest absolute Gasteiger partial charge is 0.240 e. The van der Waals surface area contributed by atoms with E-state index >= 15 is 0 Å². The third kappa shape index (κ3) is 2.45. The van der Waals surface area contributed by atoms with E-state index in [1.807, 2.05) is 19.9 Å². The van der Waals surface area contributed by atoms with E-state index in [9.17, 15) is 0 Å². The number of nitrogens with zero attached hydrogens (tertiary/aromatic N) is 2. The highest BCUT2D eigenvalue weighted by Gasteiger charge is 2.26. The maximum Gasteiger partial charge on any atom is 0.240 e. The molecule has 2 heterocycles. The van der Waals surface area contributed by atoms with Crippen molar-refractivity contribution in [2.75, 3.05) is 13.2 Å². The van der Waals surface area contributed by atoms with Crippen LogP contribution >= 0.6 is 11.6 Å². The number of hydrogen-bond acceptors (Lipinski definition) is 6. The first-order valence-corrected chi connectivity index (χ1v) is 7.14. The Morgan fingerprint density at radius 3 is 2.76 bits per heavy atom. The number of benzene rings is 1. The lowest BCUT2D eigenvalue weighted by atomic mass is 9.95. The second-order valence-electron chi connectivity index (χ2n) is 5.05. The molecule has 1 aromatic heterocycles. The molecule has 21 heavy (non-hydrogen) atoms. The molecule has 0 aliphatic carbocycles. The Morgan fingerprint density at radius 2 is 2.10 bits per heavy atom. The molecule has 0 spiro atoms. The van der Waals surface area contributed by atoms with Crippen LogP contribution in [0.25, 0.3) is 11.4 Å². The Kier molecular flexibility index (Phi) is 3.73. The number of ether oxygens (including phenoxy) is 2. The van der Waals surface area contributed by atoms with Gasteiger partial charge in [-0.25, -0.2) is 0 Å². The van der Waals surface area contributed by atoms with Crippen molar-refractivity contribution in [1.29, 1.82) is 0 Å². The minimum Gasteiger partial charge on any atom is -0.486 e. The van der Waals surface area contributed by atoms with Gasteiger partial charge in [-0.1, -0.05) is 30.6 Å². The van der Waals surface area contributed by atoms with Gasteiger partial charge < -0.3 is 19.7 Å². The zero-order valence-corrected chi connectivity index (χ0v) is 12.6. The van der Waals surface area contributed by atoms with E-state index in [0.29, 0.717) is 41.5 Å². The third-order valence-electron chi connectivity index (χ3n) is 3.27. The van der Waals surface area contributed by atoms with Crippen LogP contribution in [0.15, 0.2) is 10.6 Å². The largest absolute Gasteiger partial charge is 0.486 e. The molecule has 0 radical (unpaired) electrons. The average molecular weight is 310 g/mol. The lowest BCUT2D eigenvalue weighted by Crippen LogP contribution is -2.16. The van der Waals surface area contributed by atoms with Gasteiger partial charge in [-0.2, -0.15) is 4.98 Å². The number of rotatable bonds is 3. The van der Waals surface area contributed by atoms with Crippen molar-refractivity contribution in [3.63, 3.8) is 0 Å². The Labute approximate surface area is 127 Å². The Hall–Kier alpha value is -1.79. The highest BCUT2D eigenvalue weighted by atomic mass is 35.5. The summed E-state index contributed by atoms with van der Waals surface area (Å²) < 4.78 is 16.3. The minimum absolute atomic E-state index is 0.170. The molecule has 2 N–H and O–H groups in total. The van der Waals surface area contributed by atoms with Crippen LogP contribution in [0.2, 0.25) is 5.02 Å². The molecule has 2 aromatic rings. The molecule has 0 bridgehead atoms. The minimum atomic E-state index is 0.170. The van der Waals surface area contributed by atoms with E-state index in [0.717, 1.165) is 11.1 Å². The molecular weight excluding hydrogens is 294 g/mol. The first kappa shape index (κ1) is 14.2. The summed E-state index contributed by atoms with van der Waals surface area (Å²) in [5.74, 6) is 2.19. The first-order chi connectivity index (χ1) is 10.1. The van der Waals surface area contributed by atoms with Crippen molar-refractivity contribution in [3.05, 3.63) is 22.5 Å². The highest BCUT2D eigenvalue weighted by Crippen LogP contribution is 2.46. The molecule has 0 fully saturated rings. The van der Waals surface area contributed by atoms with Crippen LogP contribution in [0.1, 0.15) is 31.2 Å². The number of fused-ring (bicyclic) bond motifs is 1. The van der Waals surface area contributed by atoms with Crippen molar-refractivity contribution in [2.45, 2.75) is 26.3 Å². The maximum absolute atomic E-state index is 6.50. The van der Waals surface area contributed by atoms with Gasteiger partial charge >= 0.3 is 0 Å². The van der Waals surface area contributed by atoms with Crippen LogP contribution in [0.5, 0.6) is 11.5 Å². The van der Waals surface area contributed by atoms with Crippen LogP contribution in [0.3, 0.4) is 0 Å². The second kappa shape index (κ2) is 5.54. The van der Waals surface area contributed by atoms with Gasteiger partial charge in [-0.3, -0.25) is 0 Å². The maximum atomic E-state index is 6.50. The lowest BCUT2D eigenvalue weighted by molar-refractivity contribution is 0.171. The van der Waals surface area contributed by atoms with Crippen LogP contribution in [-0.2, 0) is 6.54 Å². The molecule has 112 valence electrons. The summed E-state index contributed by atoms with van der Waals surface area (Å²) in [5, 5.41) is 4.51. The SMILES string of the molecule is CC(C)c1c(-c2noc(CN)n2)cc2c(c1Cl)OCCO2. The number of hydrogen-bond donors (Lipinski definition) is 1. The fourth-order valence-corrected chi connectivity index (χ4v) is 2.82. The first-order valence-electron chi connectivity index (χ1n) is 6.76. The van der Waals surface area contributed by atoms with E-state index < -0.39 is 0 Å². The van der Waals surface area contributed by atoms with Crippen molar-refractivity contribution in [3.8, 4) is 22.9 Å². The summed E-state index contributed by atoms with van der Waals surface area (Å²) in [6.07, 6.45) is 0. The van der Waals surface area contributed by atoms with Gasteiger partial charge in [-0.15, -0.1) is 0 Å². The van der Waals surface area contributed by atoms with Gasteiger partial charge in [0.2, 0.25) is 11.7 Å². The topological polar surface area (TPSA) is 83.4 Å². The molecule has 1 aliphatic heterocycles. The fourth-order valence-electron chi connectivity index (χ4n) is 2.36.